The molecule has 4 aromatic rings. The molecule has 206 valence electrons. The van der Waals surface area contributed by atoms with Gasteiger partial charge in [-0.1, -0.05) is 83.7 Å². The van der Waals surface area contributed by atoms with Crippen molar-refractivity contribution in [2.45, 2.75) is 15.2 Å². The van der Waals surface area contributed by atoms with Crippen LogP contribution in [0.5, 0.6) is 0 Å². The highest BCUT2D eigenvalue weighted by atomic mass is 35.5. The number of amides is 2. The summed E-state index contributed by atoms with van der Waals surface area (Å²) in [7, 11) is 3.97. The summed E-state index contributed by atoms with van der Waals surface area (Å²) in [5, 5.41) is 1.61. The van der Waals surface area contributed by atoms with Crippen LogP contribution in [-0.2, 0) is 9.59 Å². The zero-order valence-corrected chi connectivity index (χ0v) is 24.8. The fraction of sp³-hybridized carbons (Fsp3) is 0.125. The molecule has 2 aliphatic rings. The highest BCUT2D eigenvalue weighted by molar-refractivity contribution is 8.04. The van der Waals surface area contributed by atoms with Crippen LogP contribution in [-0.4, -0.2) is 37.5 Å². The fourth-order valence-corrected chi connectivity index (χ4v) is 7.20. The number of hydrazine groups is 1. The Bertz CT molecular complexity index is 1600. The predicted molar refractivity (Wildman–Crippen MR) is 170 cm³/mol. The smallest absolute Gasteiger partial charge is 0.280 e. The lowest BCUT2D eigenvalue weighted by Crippen LogP contribution is -2.47. The second-order valence-corrected chi connectivity index (χ2v) is 12.5. The average molecular weight is 599 g/mol. The molecule has 9 heteroatoms. The van der Waals surface area contributed by atoms with Crippen molar-refractivity contribution < 1.29 is 9.59 Å². The second kappa shape index (κ2) is 11.6. The number of halogens is 1. The number of thioether (sulfide) groups is 1. The Hall–Kier alpha value is -3.85. The summed E-state index contributed by atoms with van der Waals surface area (Å²) in [6.07, 6.45) is 1.87. The van der Waals surface area contributed by atoms with Crippen LogP contribution in [0.15, 0.2) is 112 Å². The number of carbonyl (C=O) groups is 2. The number of rotatable bonds is 6. The number of fused-ring (bicyclic) bond motifs is 2. The summed E-state index contributed by atoms with van der Waals surface area (Å²) in [6.45, 7) is 0.0570. The van der Waals surface area contributed by atoms with Gasteiger partial charge >= 0.3 is 0 Å². The van der Waals surface area contributed by atoms with Crippen LogP contribution in [0, 0.1) is 0 Å². The van der Waals surface area contributed by atoms with Gasteiger partial charge < -0.3 is 9.80 Å². The number of hydrogen-bond donors (Lipinski definition) is 1. The number of nitrogens with one attached hydrogen (secondary N) is 1. The van der Waals surface area contributed by atoms with E-state index in [-0.39, 0.29) is 18.4 Å². The molecule has 0 spiro atoms. The second-order valence-electron chi connectivity index (χ2n) is 9.85. The molecular formula is C32H27ClN4O2S2. The number of para-hydroxylation sites is 2. The molecule has 0 bridgehead atoms. The summed E-state index contributed by atoms with van der Waals surface area (Å²) >= 11 is 9.25. The molecule has 4 aromatic carbocycles. The molecule has 1 atom stereocenters. The predicted octanol–water partition coefficient (Wildman–Crippen LogP) is 7.36. The number of nitrogens with zero attached hydrogens (tertiary/aromatic N) is 3. The zero-order chi connectivity index (χ0) is 28.5. The molecule has 2 amide bonds. The third kappa shape index (κ3) is 5.68. The van der Waals surface area contributed by atoms with Gasteiger partial charge in [0.2, 0.25) is 0 Å². The van der Waals surface area contributed by atoms with Crippen LogP contribution in [0.1, 0.15) is 16.5 Å². The molecule has 6 nitrogen and oxygen atoms in total. The van der Waals surface area contributed by atoms with E-state index in [1.165, 1.54) is 16.8 Å². The third-order valence-electron chi connectivity index (χ3n) is 6.84. The highest BCUT2D eigenvalue weighted by Gasteiger charge is 2.39. The minimum Gasteiger partial charge on any atom is -0.378 e. The van der Waals surface area contributed by atoms with E-state index in [4.69, 9.17) is 11.6 Å². The van der Waals surface area contributed by atoms with Crippen molar-refractivity contribution in [1.29, 1.82) is 0 Å². The topological polar surface area (TPSA) is 55.9 Å². The van der Waals surface area contributed by atoms with Gasteiger partial charge in [0, 0.05) is 34.6 Å². The van der Waals surface area contributed by atoms with Gasteiger partial charge in [0.25, 0.3) is 11.8 Å². The number of hydrogen-bond acceptors (Lipinski definition) is 6. The monoisotopic (exact) mass is 598 g/mol. The van der Waals surface area contributed by atoms with Crippen molar-refractivity contribution in [2.24, 2.45) is 0 Å². The van der Waals surface area contributed by atoms with Crippen molar-refractivity contribution in [3.05, 3.63) is 118 Å². The van der Waals surface area contributed by atoms with Crippen molar-refractivity contribution >= 4 is 70.1 Å². The van der Waals surface area contributed by atoms with Gasteiger partial charge in [0.15, 0.2) is 0 Å². The molecule has 1 N–H and O–H groups in total. The van der Waals surface area contributed by atoms with Crippen LogP contribution in [0.3, 0.4) is 0 Å². The maximum atomic E-state index is 13.7. The van der Waals surface area contributed by atoms with Gasteiger partial charge in [0.1, 0.15) is 11.9 Å². The van der Waals surface area contributed by atoms with Gasteiger partial charge in [-0.25, -0.2) is 5.01 Å². The normalized spacial score (nSPS) is 16.9. The van der Waals surface area contributed by atoms with E-state index in [1.807, 2.05) is 103 Å². The summed E-state index contributed by atoms with van der Waals surface area (Å²) in [4.78, 5) is 34.1. The molecule has 2 aliphatic heterocycles. The SMILES string of the molecule is CN(C)c1ccc(/C=C2\SC(c3ccc(Cl)cc3)N(NC(=O)CN3c4ccccc4Sc4ccccc43)C2=O)cc1. The van der Waals surface area contributed by atoms with Gasteiger partial charge in [0.05, 0.1) is 16.3 Å². The molecule has 41 heavy (non-hydrogen) atoms. The van der Waals surface area contributed by atoms with E-state index in [9.17, 15) is 9.59 Å². The first kappa shape index (κ1) is 27.3. The third-order valence-corrected chi connectivity index (χ3v) is 9.48. The lowest BCUT2D eigenvalue weighted by atomic mass is 10.2. The van der Waals surface area contributed by atoms with Crippen LogP contribution in [0.2, 0.25) is 5.02 Å². The van der Waals surface area contributed by atoms with Gasteiger partial charge in [-0.2, -0.15) is 0 Å². The molecule has 2 heterocycles. The molecule has 0 saturated carbocycles. The zero-order valence-electron chi connectivity index (χ0n) is 22.5. The minimum absolute atomic E-state index is 0.0570. The largest absolute Gasteiger partial charge is 0.378 e. The van der Waals surface area contributed by atoms with Crippen molar-refractivity contribution in [2.75, 3.05) is 30.4 Å². The van der Waals surface area contributed by atoms with Crippen LogP contribution in [0.4, 0.5) is 17.1 Å². The van der Waals surface area contributed by atoms with E-state index in [0.29, 0.717) is 9.93 Å². The van der Waals surface area contributed by atoms with Crippen LogP contribution < -0.4 is 15.2 Å². The Labute approximate surface area is 252 Å². The van der Waals surface area contributed by atoms with Crippen molar-refractivity contribution in [3.8, 4) is 0 Å². The van der Waals surface area contributed by atoms with Crippen molar-refractivity contribution in [3.63, 3.8) is 0 Å². The lowest BCUT2D eigenvalue weighted by Gasteiger charge is -2.33. The maximum Gasteiger partial charge on any atom is 0.280 e. The van der Waals surface area contributed by atoms with E-state index >= 15 is 0 Å². The van der Waals surface area contributed by atoms with Crippen molar-refractivity contribution in [1.82, 2.24) is 10.4 Å². The lowest BCUT2D eigenvalue weighted by molar-refractivity contribution is -0.137. The van der Waals surface area contributed by atoms with Crippen LogP contribution >= 0.6 is 35.1 Å². The van der Waals surface area contributed by atoms with E-state index < -0.39 is 5.37 Å². The van der Waals surface area contributed by atoms with E-state index in [2.05, 4.69) is 17.6 Å². The average Bonchev–Trinajstić information content (AvgIpc) is 3.27. The Balaban J connectivity index is 1.28. The first-order chi connectivity index (χ1) is 19.9. The summed E-state index contributed by atoms with van der Waals surface area (Å²) in [5.41, 5.74) is 7.71. The molecule has 6 rings (SSSR count). The standard InChI is InChI=1S/C32H27ClN4O2S2/c1-35(2)24-17-11-21(12-18-24)19-29-31(39)37(32(41-29)22-13-15-23(33)16-14-22)34-30(38)20-36-25-7-3-5-9-27(25)40-28-10-6-4-8-26(28)36/h3-19,32H,20H2,1-2H3,(H,34,38)/b29-19-. The molecule has 0 aliphatic carbocycles. The summed E-state index contributed by atoms with van der Waals surface area (Å²) in [6, 6.07) is 31.4. The number of carbonyl (C=O) groups excluding carboxylic acids is 2. The quantitative estimate of drug-likeness (QED) is 0.234. The Morgan fingerprint density at radius 1 is 0.902 bits per heavy atom. The van der Waals surface area contributed by atoms with E-state index in [0.717, 1.165) is 38.0 Å². The Morgan fingerprint density at radius 3 is 2.12 bits per heavy atom. The first-order valence-corrected chi connectivity index (χ1v) is 15.1. The van der Waals surface area contributed by atoms with Crippen LogP contribution in [0.25, 0.3) is 6.08 Å². The number of benzene rings is 4. The van der Waals surface area contributed by atoms with Gasteiger partial charge in [-0.05, 0) is 65.7 Å². The molecule has 0 radical (unpaired) electrons. The first-order valence-electron chi connectivity index (χ1n) is 13.0. The number of anilines is 3. The maximum absolute atomic E-state index is 13.7. The molecule has 1 fully saturated rings. The highest BCUT2D eigenvalue weighted by Crippen LogP contribution is 2.48. The molecule has 1 saturated heterocycles. The minimum atomic E-state index is -0.438. The summed E-state index contributed by atoms with van der Waals surface area (Å²) in [5.74, 6) is -0.541. The van der Waals surface area contributed by atoms with Gasteiger partial charge in [-0.3, -0.25) is 15.0 Å². The molecule has 0 aromatic heterocycles. The fourth-order valence-electron chi connectivity index (χ4n) is 4.78. The molecule has 1 unspecified atom stereocenters. The Kier molecular flexibility index (Phi) is 7.71. The summed E-state index contributed by atoms with van der Waals surface area (Å²) < 4.78 is 0. The van der Waals surface area contributed by atoms with E-state index in [1.54, 1.807) is 23.9 Å². The van der Waals surface area contributed by atoms with Gasteiger partial charge in [-0.15, -0.1) is 0 Å². The Morgan fingerprint density at radius 2 is 1.51 bits per heavy atom. The molecular weight excluding hydrogens is 572 g/mol.